The molecule has 0 atom stereocenters. The number of amides is 2. The van der Waals surface area contributed by atoms with Crippen LogP contribution in [0.5, 0.6) is 0 Å². The summed E-state index contributed by atoms with van der Waals surface area (Å²) in [5.41, 5.74) is 6.34. The number of hydrogen-bond acceptors (Lipinski definition) is 5. The van der Waals surface area contributed by atoms with E-state index in [-0.39, 0.29) is 30.8 Å². The highest BCUT2D eigenvalue weighted by Gasteiger charge is 2.22. The summed E-state index contributed by atoms with van der Waals surface area (Å²) in [4.78, 5) is 40.6. The number of hydrogen-bond donors (Lipinski definition) is 1. The van der Waals surface area contributed by atoms with Crippen LogP contribution >= 0.6 is 0 Å². The molecule has 2 aromatic carbocycles. The monoisotopic (exact) mass is 393 g/mol. The van der Waals surface area contributed by atoms with E-state index in [9.17, 15) is 19.7 Å². The van der Waals surface area contributed by atoms with Crippen molar-refractivity contribution in [1.29, 1.82) is 0 Å². The van der Waals surface area contributed by atoms with E-state index in [1.54, 1.807) is 6.20 Å². The van der Waals surface area contributed by atoms with Crippen LogP contribution in [0.15, 0.2) is 67.3 Å². The van der Waals surface area contributed by atoms with Crippen molar-refractivity contribution in [2.45, 2.75) is 13.0 Å². The Kier molecular flexibility index (Phi) is 5.98. The molecule has 0 bridgehead atoms. The molecule has 2 N–H and O–H groups in total. The van der Waals surface area contributed by atoms with Crippen LogP contribution in [0, 0.1) is 10.1 Å². The Balaban J connectivity index is 1.92. The lowest BCUT2D eigenvalue weighted by atomic mass is 10.1. The number of primary amides is 1. The third-order valence-electron chi connectivity index (χ3n) is 4.33. The van der Waals surface area contributed by atoms with Crippen LogP contribution in [0.3, 0.4) is 0 Å². The van der Waals surface area contributed by atoms with Gasteiger partial charge >= 0.3 is 0 Å². The molecule has 148 valence electrons. The van der Waals surface area contributed by atoms with Gasteiger partial charge in [-0.1, -0.05) is 30.3 Å². The molecule has 0 aliphatic rings. The summed E-state index contributed by atoms with van der Waals surface area (Å²) in [6.07, 6.45) is 4.53. The lowest BCUT2D eigenvalue weighted by Crippen LogP contribution is -2.33. The number of aromatic nitrogens is 2. The molecule has 0 aliphatic heterocycles. The quantitative estimate of drug-likeness (QED) is 0.464. The van der Waals surface area contributed by atoms with Crippen molar-refractivity contribution in [3.63, 3.8) is 0 Å². The number of imidazole rings is 1. The zero-order chi connectivity index (χ0) is 20.8. The largest absolute Gasteiger partial charge is 0.370 e. The molecule has 3 rings (SSSR count). The highest BCUT2D eigenvalue weighted by atomic mass is 16.6. The Morgan fingerprint density at radius 1 is 1.17 bits per heavy atom. The SMILES string of the molecule is NC(=O)CCN(Cc1ccccc1)C(=O)c1ccc(-n2ccnc2)c([N+](=O)[O-])c1. The van der Waals surface area contributed by atoms with Gasteiger partial charge in [0, 0.05) is 43.5 Å². The minimum Gasteiger partial charge on any atom is -0.370 e. The van der Waals surface area contributed by atoms with Crippen molar-refractivity contribution < 1.29 is 14.5 Å². The van der Waals surface area contributed by atoms with Gasteiger partial charge in [0.25, 0.3) is 11.6 Å². The van der Waals surface area contributed by atoms with Crippen molar-refractivity contribution in [3.8, 4) is 5.69 Å². The van der Waals surface area contributed by atoms with Crippen molar-refractivity contribution in [3.05, 3.63) is 88.5 Å². The summed E-state index contributed by atoms with van der Waals surface area (Å²) in [5, 5.41) is 11.6. The lowest BCUT2D eigenvalue weighted by molar-refractivity contribution is -0.384. The van der Waals surface area contributed by atoms with E-state index in [2.05, 4.69) is 4.98 Å². The molecule has 3 aromatic rings. The third-order valence-corrected chi connectivity index (χ3v) is 4.33. The average Bonchev–Trinajstić information content (AvgIpc) is 3.25. The van der Waals surface area contributed by atoms with Crippen LogP contribution < -0.4 is 5.73 Å². The van der Waals surface area contributed by atoms with Crippen molar-refractivity contribution in [2.75, 3.05) is 6.54 Å². The molecular weight excluding hydrogens is 374 g/mol. The first-order valence-corrected chi connectivity index (χ1v) is 8.84. The number of nitro benzene ring substituents is 1. The first-order valence-electron chi connectivity index (χ1n) is 8.84. The summed E-state index contributed by atoms with van der Waals surface area (Å²) < 4.78 is 1.50. The van der Waals surface area contributed by atoms with Gasteiger partial charge in [0.1, 0.15) is 5.69 Å². The fourth-order valence-electron chi connectivity index (χ4n) is 2.91. The van der Waals surface area contributed by atoms with Gasteiger partial charge in [0.2, 0.25) is 5.91 Å². The molecule has 0 radical (unpaired) electrons. The summed E-state index contributed by atoms with van der Waals surface area (Å²) in [6, 6.07) is 13.5. The second-order valence-corrected chi connectivity index (χ2v) is 6.36. The highest BCUT2D eigenvalue weighted by molar-refractivity contribution is 5.95. The number of benzene rings is 2. The van der Waals surface area contributed by atoms with E-state index < -0.39 is 16.7 Å². The molecule has 1 aromatic heterocycles. The molecule has 1 heterocycles. The zero-order valence-corrected chi connectivity index (χ0v) is 15.5. The van der Waals surface area contributed by atoms with Crippen LogP contribution in [0.1, 0.15) is 22.3 Å². The molecule has 0 aliphatic carbocycles. The number of rotatable bonds is 8. The first kappa shape index (κ1) is 19.7. The Labute approximate surface area is 166 Å². The Hall–Kier alpha value is -4.01. The van der Waals surface area contributed by atoms with E-state index in [0.717, 1.165) is 5.56 Å². The second-order valence-electron chi connectivity index (χ2n) is 6.36. The molecule has 0 saturated heterocycles. The number of nitrogens with two attached hydrogens (primary N) is 1. The van der Waals surface area contributed by atoms with Gasteiger partial charge in [-0.3, -0.25) is 19.7 Å². The first-order chi connectivity index (χ1) is 14.0. The van der Waals surface area contributed by atoms with Crippen molar-refractivity contribution >= 4 is 17.5 Å². The van der Waals surface area contributed by atoms with Crippen LogP contribution in [-0.2, 0) is 11.3 Å². The van der Waals surface area contributed by atoms with Crippen molar-refractivity contribution in [1.82, 2.24) is 14.5 Å². The van der Waals surface area contributed by atoms with E-state index in [0.29, 0.717) is 5.69 Å². The van der Waals surface area contributed by atoms with E-state index in [1.165, 1.54) is 40.2 Å². The molecule has 9 nitrogen and oxygen atoms in total. The van der Waals surface area contributed by atoms with Crippen LogP contribution in [0.4, 0.5) is 5.69 Å². The van der Waals surface area contributed by atoms with Gasteiger partial charge < -0.3 is 15.2 Å². The lowest BCUT2D eigenvalue weighted by Gasteiger charge is -2.22. The maximum Gasteiger partial charge on any atom is 0.294 e. The van der Waals surface area contributed by atoms with Gasteiger partial charge in [-0.15, -0.1) is 0 Å². The highest BCUT2D eigenvalue weighted by Crippen LogP contribution is 2.25. The summed E-state index contributed by atoms with van der Waals surface area (Å²) in [5.74, 6) is -0.951. The topological polar surface area (TPSA) is 124 Å². The summed E-state index contributed by atoms with van der Waals surface area (Å²) >= 11 is 0. The van der Waals surface area contributed by atoms with E-state index >= 15 is 0 Å². The fourth-order valence-corrected chi connectivity index (χ4v) is 2.91. The van der Waals surface area contributed by atoms with E-state index in [4.69, 9.17) is 5.73 Å². The molecule has 9 heteroatoms. The van der Waals surface area contributed by atoms with E-state index in [1.807, 2.05) is 30.3 Å². The maximum absolute atomic E-state index is 13.1. The fraction of sp³-hybridized carbons (Fsp3) is 0.150. The van der Waals surface area contributed by atoms with Gasteiger partial charge in [-0.25, -0.2) is 4.98 Å². The number of nitrogens with zero attached hydrogens (tertiary/aromatic N) is 4. The normalized spacial score (nSPS) is 10.5. The zero-order valence-electron chi connectivity index (χ0n) is 15.5. The number of carbonyl (C=O) groups excluding carboxylic acids is 2. The minimum absolute atomic E-state index is 0.00616. The minimum atomic E-state index is -0.545. The molecule has 2 amide bonds. The standard InChI is InChI=1S/C20H19N5O4/c21-19(26)8-10-23(13-15-4-2-1-3-5-15)20(27)16-6-7-17(18(12-16)25(28)29)24-11-9-22-14-24/h1-7,9,11-12,14H,8,10,13H2,(H2,21,26). The van der Waals surface area contributed by atoms with Crippen LogP contribution in [0.2, 0.25) is 0 Å². The molecule has 0 spiro atoms. The predicted octanol–water partition coefficient (Wildman–Crippen LogP) is 2.30. The third kappa shape index (κ3) is 4.83. The molecule has 0 fully saturated rings. The second kappa shape index (κ2) is 8.79. The van der Waals surface area contributed by atoms with Gasteiger partial charge in [0.15, 0.2) is 0 Å². The van der Waals surface area contributed by atoms with Gasteiger partial charge in [-0.05, 0) is 17.7 Å². The van der Waals surface area contributed by atoms with Crippen molar-refractivity contribution in [2.24, 2.45) is 5.73 Å². The average molecular weight is 393 g/mol. The molecule has 29 heavy (non-hydrogen) atoms. The number of nitro groups is 1. The van der Waals surface area contributed by atoms with Crippen LogP contribution in [-0.4, -0.2) is 37.7 Å². The molecule has 0 unspecified atom stereocenters. The summed E-state index contributed by atoms with van der Waals surface area (Å²) in [7, 11) is 0. The number of carbonyl (C=O) groups is 2. The smallest absolute Gasteiger partial charge is 0.294 e. The maximum atomic E-state index is 13.1. The molecule has 0 saturated carbocycles. The summed E-state index contributed by atoms with van der Waals surface area (Å²) in [6.45, 7) is 0.365. The predicted molar refractivity (Wildman–Crippen MR) is 105 cm³/mol. The van der Waals surface area contributed by atoms with Gasteiger partial charge in [0.05, 0.1) is 11.3 Å². The Bertz CT molecular complexity index is 1020. The molecular formula is C20H19N5O4. The van der Waals surface area contributed by atoms with Crippen LogP contribution in [0.25, 0.3) is 5.69 Å². The Morgan fingerprint density at radius 2 is 1.93 bits per heavy atom. The Morgan fingerprint density at radius 3 is 2.55 bits per heavy atom. The van der Waals surface area contributed by atoms with Gasteiger partial charge in [-0.2, -0.15) is 0 Å².